The van der Waals surface area contributed by atoms with Gasteiger partial charge in [0.1, 0.15) is 0 Å². The fraction of sp³-hybridized carbons (Fsp3) is 0. The van der Waals surface area contributed by atoms with Crippen molar-refractivity contribution in [2.45, 2.75) is 0 Å². The number of hydrogen-bond donors (Lipinski definition) is 0. The van der Waals surface area contributed by atoms with E-state index in [9.17, 15) is 9.18 Å². The lowest BCUT2D eigenvalue weighted by atomic mass is 10.0. The Balaban J connectivity index is 2.48. The van der Waals surface area contributed by atoms with Gasteiger partial charge in [-0.1, -0.05) is 12.1 Å². The van der Waals surface area contributed by atoms with Crippen molar-refractivity contribution in [3.8, 4) is 0 Å². The molecular formula is C12H7FINO. The van der Waals surface area contributed by atoms with E-state index >= 15 is 0 Å². The quantitative estimate of drug-likeness (QED) is 0.627. The van der Waals surface area contributed by atoms with E-state index in [1.807, 2.05) is 12.1 Å². The zero-order valence-corrected chi connectivity index (χ0v) is 10.3. The van der Waals surface area contributed by atoms with E-state index in [-0.39, 0.29) is 11.3 Å². The average Bonchev–Trinajstić information content (AvgIpc) is 2.29. The molecule has 0 saturated heterocycles. The highest BCUT2D eigenvalue weighted by Crippen LogP contribution is 2.17. The number of pyridine rings is 1. The van der Waals surface area contributed by atoms with Crippen LogP contribution in [0.2, 0.25) is 0 Å². The molecule has 0 atom stereocenters. The number of benzene rings is 1. The largest absolute Gasteiger partial charge is 0.288 e. The van der Waals surface area contributed by atoms with Gasteiger partial charge in [-0.25, -0.2) is 4.39 Å². The maximum atomic E-state index is 13.4. The first kappa shape index (κ1) is 11.2. The van der Waals surface area contributed by atoms with Crippen LogP contribution in [0, 0.1) is 9.39 Å². The number of aromatic nitrogens is 1. The van der Waals surface area contributed by atoms with Crippen LogP contribution in [0.5, 0.6) is 0 Å². The van der Waals surface area contributed by atoms with Crippen LogP contribution in [-0.2, 0) is 0 Å². The minimum absolute atomic E-state index is 0.0547. The van der Waals surface area contributed by atoms with Crippen molar-refractivity contribution in [2.75, 3.05) is 0 Å². The molecular weight excluding hydrogens is 320 g/mol. The Hall–Kier alpha value is -1.30. The lowest BCUT2D eigenvalue weighted by Crippen LogP contribution is -2.06. The monoisotopic (exact) mass is 327 g/mol. The summed E-state index contributed by atoms with van der Waals surface area (Å²) in [6, 6.07) is 8.48. The summed E-state index contributed by atoms with van der Waals surface area (Å²) in [6.45, 7) is 0. The predicted octanol–water partition coefficient (Wildman–Crippen LogP) is 3.06. The number of carbonyl (C=O) groups is 1. The van der Waals surface area contributed by atoms with Crippen molar-refractivity contribution in [1.82, 2.24) is 4.98 Å². The molecule has 0 unspecified atom stereocenters. The minimum atomic E-state index is -0.591. The second kappa shape index (κ2) is 4.69. The molecule has 0 radical (unpaired) electrons. The van der Waals surface area contributed by atoms with Crippen molar-refractivity contribution >= 4 is 28.4 Å². The van der Waals surface area contributed by atoms with Gasteiger partial charge in [-0.3, -0.25) is 9.78 Å². The fourth-order valence-corrected chi connectivity index (χ4v) is 1.98. The van der Waals surface area contributed by atoms with E-state index < -0.39 is 5.82 Å². The fourth-order valence-electron chi connectivity index (χ4n) is 1.35. The van der Waals surface area contributed by atoms with Crippen LogP contribution in [0.1, 0.15) is 15.9 Å². The number of halogens is 2. The van der Waals surface area contributed by atoms with E-state index in [0.29, 0.717) is 5.56 Å². The molecule has 0 saturated carbocycles. The van der Waals surface area contributed by atoms with Crippen LogP contribution in [0.4, 0.5) is 4.39 Å². The van der Waals surface area contributed by atoms with Crippen molar-refractivity contribution < 1.29 is 9.18 Å². The topological polar surface area (TPSA) is 30.0 Å². The summed E-state index contributed by atoms with van der Waals surface area (Å²) in [5.74, 6) is -0.906. The molecule has 16 heavy (non-hydrogen) atoms. The molecule has 0 spiro atoms. The maximum absolute atomic E-state index is 13.4. The standard InChI is InChI=1S/C12H7FINO/c13-10-7-15-6-5-8(10)12(16)9-3-1-2-4-11(9)14/h1-7H. The molecule has 0 bridgehead atoms. The zero-order chi connectivity index (χ0) is 11.5. The lowest BCUT2D eigenvalue weighted by molar-refractivity contribution is 0.103. The number of nitrogens with zero attached hydrogens (tertiary/aromatic N) is 1. The van der Waals surface area contributed by atoms with Crippen LogP contribution in [0.25, 0.3) is 0 Å². The highest BCUT2D eigenvalue weighted by Gasteiger charge is 2.15. The first-order chi connectivity index (χ1) is 7.70. The van der Waals surface area contributed by atoms with E-state index in [1.165, 1.54) is 12.3 Å². The molecule has 0 aliphatic carbocycles. The van der Waals surface area contributed by atoms with E-state index in [4.69, 9.17) is 0 Å². The lowest BCUT2D eigenvalue weighted by Gasteiger charge is -2.03. The molecule has 0 aliphatic rings. The highest BCUT2D eigenvalue weighted by molar-refractivity contribution is 14.1. The Kier molecular flexibility index (Phi) is 3.28. The summed E-state index contributed by atoms with van der Waals surface area (Å²) in [5.41, 5.74) is 0.562. The van der Waals surface area contributed by atoms with E-state index in [2.05, 4.69) is 27.6 Å². The van der Waals surface area contributed by atoms with E-state index in [1.54, 1.807) is 12.1 Å². The van der Waals surface area contributed by atoms with Gasteiger partial charge in [-0.05, 0) is 40.8 Å². The van der Waals surface area contributed by atoms with Crippen LogP contribution in [0.3, 0.4) is 0 Å². The van der Waals surface area contributed by atoms with Gasteiger partial charge in [-0.2, -0.15) is 0 Å². The van der Waals surface area contributed by atoms with Gasteiger partial charge < -0.3 is 0 Å². The molecule has 80 valence electrons. The van der Waals surface area contributed by atoms with Gasteiger partial charge >= 0.3 is 0 Å². The molecule has 0 N–H and O–H groups in total. The van der Waals surface area contributed by atoms with Crippen molar-refractivity contribution in [1.29, 1.82) is 0 Å². The van der Waals surface area contributed by atoms with Gasteiger partial charge in [-0.15, -0.1) is 0 Å². The predicted molar refractivity (Wildman–Crippen MR) is 66.8 cm³/mol. The van der Waals surface area contributed by atoms with Gasteiger partial charge in [0, 0.05) is 15.3 Å². The molecule has 1 aromatic carbocycles. The molecule has 2 nitrogen and oxygen atoms in total. The SMILES string of the molecule is O=C(c1ccncc1F)c1ccccc1I. The second-order valence-electron chi connectivity index (χ2n) is 3.16. The Morgan fingerprint density at radius 2 is 1.94 bits per heavy atom. The molecule has 2 aromatic rings. The molecule has 0 amide bonds. The Labute approximate surface area is 106 Å². The number of carbonyl (C=O) groups excluding carboxylic acids is 1. The van der Waals surface area contributed by atoms with Crippen molar-refractivity contribution in [2.24, 2.45) is 0 Å². The normalized spacial score (nSPS) is 10.1. The summed E-state index contributed by atoms with van der Waals surface area (Å²) < 4.78 is 14.2. The number of rotatable bonds is 2. The number of hydrogen-bond acceptors (Lipinski definition) is 2. The van der Waals surface area contributed by atoms with Crippen molar-refractivity contribution in [3.63, 3.8) is 0 Å². The van der Waals surface area contributed by atoms with Gasteiger partial charge in [0.25, 0.3) is 0 Å². The third-order valence-electron chi connectivity index (χ3n) is 2.14. The Bertz CT molecular complexity index is 495. The summed E-state index contributed by atoms with van der Waals surface area (Å²) in [7, 11) is 0. The molecule has 0 aliphatic heterocycles. The summed E-state index contributed by atoms with van der Waals surface area (Å²) in [6.07, 6.45) is 2.45. The van der Waals surface area contributed by atoms with Crippen LogP contribution >= 0.6 is 22.6 Å². The van der Waals surface area contributed by atoms with Gasteiger partial charge in [0.15, 0.2) is 11.6 Å². The van der Waals surface area contributed by atoms with Gasteiger partial charge in [0.05, 0.1) is 11.8 Å². The molecule has 0 fully saturated rings. The average molecular weight is 327 g/mol. The van der Waals surface area contributed by atoms with Crippen LogP contribution in [-0.4, -0.2) is 10.8 Å². The Morgan fingerprint density at radius 3 is 2.62 bits per heavy atom. The number of ketones is 1. The molecule has 1 heterocycles. The minimum Gasteiger partial charge on any atom is -0.288 e. The van der Waals surface area contributed by atoms with Crippen LogP contribution in [0.15, 0.2) is 42.7 Å². The third-order valence-corrected chi connectivity index (χ3v) is 3.08. The van der Waals surface area contributed by atoms with Crippen molar-refractivity contribution in [3.05, 3.63) is 63.2 Å². The zero-order valence-electron chi connectivity index (χ0n) is 8.15. The van der Waals surface area contributed by atoms with E-state index in [0.717, 1.165) is 9.77 Å². The molecule has 4 heteroatoms. The summed E-state index contributed by atoms with van der Waals surface area (Å²) in [4.78, 5) is 15.6. The Morgan fingerprint density at radius 1 is 1.19 bits per heavy atom. The first-order valence-corrected chi connectivity index (χ1v) is 5.67. The van der Waals surface area contributed by atoms with Gasteiger partial charge in [0.2, 0.25) is 0 Å². The summed E-state index contributed by atoms with van der Waals surface area (Å²) >= 11 is 2.06. The summed E-state index contributed by atoms with van der Waals surface area (Å²) in [5, 5.41) is 0. The first-order valence-electron chi connectivity index (χ1n) is 4.59. The maximum Gasteiger partial charge on any atom is 0.197 e. The molecule has 1 aromatic heterocycles. The third kappa shape index (κ3) is 2.11. The molecule has 2 rings (SSSR count). The van der Waals surface area contributed by atoms with Crippen LogP contribution < -0.4 is 0 Å². The second-order valence-corrected chi connectivity index (χ2v) is 4.33. The smallest absolute Gasteiger partial charge is 0.197 e. The highest BCUT2D eigenvalue weighted by atomic mass is 127.